The van der Waals surface area contributed by atoms with Crippen LogP contribution in [0.15, 0.2) is 34.7 Å². The summed E-state index contributed by atoms with van der Waals surface area (Å²) in [4.78, 5) is 0. The summed E-state index contributed by atoms with van der Waals surface area (Å²) in [7, 11) is 1.83. The van der Waals surface area contributed by atoms with Crippen LogP contribution in [0.5, 0.6) is 0 Å². The maximum absolute atomic E-state index is 7.53. The molecule has 0 aliphatic carbocycles. The Bertz CT molecular complexity index is 494. The molecule has 1 N–H and O–H groups in total. The first kappa shape index (κ1) is 8.81. The Morgan fingerprint density at radius 1 is 1.21 bits per heavy atom. The number of benzene rings is 1. The number of hydrogen-bond donors (Lipinski definition) is 1. The lowest BCUT2D eigenvalue weighted by Gasteiger charge is -1.97. The Morgan fingerprint density at radius 2 is 1.86 bits per heavy atom. The van der Waals surface area contributed by atoms with E-state index in [1.807, 2.05) is 44.3 Å². The lowest BCUT2D eigenvalue weighted by Crippen LogP contribution is -2.10. The highest BCUT2D eigenvalue weighted by molar-refractivity contribution is 5.59. The summed E-state index contributed by atoms with van der Waals surface area (Å²) in [5, 5.41) is 7.53. The molecular weight excluding hydrogens is 176 g/mol. The third-order valence-corrected chi connectivity index (χ3v) is 2.37. The number of nitrogens with zero attached hydrogens (tertiary/aromatic N) is 1. The molecule has 0 atom stereocenters. The molecular formula is C11H12N2O. The topological polar surface area (TPSA) is 41.9 Å². The lowest BCUT2D eigenvalue weighted by atomic mass is 10.1. The lowest BCUT2D eigenvalue weighted by molar-refractivity contribution is 0.476. The summed E-state index contributed by atoms with van der Waals surface area (Å²) >= 11 is 0. The monoisotopic (exact) mass is 188 g/mol. The predicted octanol–water partition coefficient (Wildman–Crippen LogP) is 2.07. The van der Waals surface area contributed by atoms with Crippen molar-refractivity contribution in [3.63, 3.8) is 0 Å². The highest BCUT2D eigenvalue weighted by Gasteiger charge is 2.09. The minimum atomic E-state index is 0.182. The number of aromatic nitrogens is 1. The molecule has 2 aromatic rings. The van der Waals surface area contributed by atoms with Gasteiger partial charge in [0.1, 0.15) is 0 Å². The molecule has 0 unspecified atom stereocenters. The number of nitrogens with one attached hydrogen (secondary N) is 1. The van der Waals surface area contributed by atoms with Gasteiger partial charge in [0.15, 0.2) is 5.76 Å². The van der Waals surface area contributed by atoms with Crippen molar-refractivity contribution in [2.75, 3.05) is 0 Å². The van der Waals surface area contributed by atoms with Crippen LogP contribution < -0.4 is 5.68 Å². The number of rotatable bonds is 1. The van der Waals surface area contributed by atoms with Crippen LogP contribution in [0.4, 0.5) is 0 Å². The summed E-state index contributed by atoms with van der Waals surface area (Å²) in [5.41, 5.74) is 2.17. The van der Waals surface area contributed by atoms with Crippen LogP contribution in [0.1, 0.15) is 5.69 Å². The van der Waals surface area contributed by atoms with E-state index >= 15 is 0 Å². The van der Waals surface area contributed by atoms with E-state index in [0.717, 1.165) is 17.0 Å². The number of oxazole rings is 1. The maximum Gasteiger partial charge on any atom is 0.294 e. The van der Waals surface area contributed by atoms with Crippen molar-refractivity contribution in [1.29, 1.82) is 5.41 Å². The highest BCUT2D eigenvalue weighted by atomic mass is 16.4. The molecule has 0 saturated heterocycles. The van der Waals surface area contributed by atoms with Gasteiger partial charge in [-0.2, -0.15) is 0 Å². The summed E-state index contributed by atoms with van der Waals surface area (Å²) in [5.74, 6) is 0.776. The second-order valence-electron chi connectivity index (χ2n) is 3.25. The molecule has 14 heavy (non-hydrogen) atoms. The Kier molecular flexibility index (Phi) is 2.00. The van der Waals surface area contributed by atoms with E-state index in [9.17, 15) is 0 Å². The molecule has 0 spiro atoms. The van der Waals surface area contributed by atoms with Gasteiger partial charge >= 0.3 is 0 Å². The SMILES string of the molecule is Cc1c(-c2ccccc2)oc(=N)n1C. The van der Waals surface area contributed by atoms with E-state index in [-0.39, 0.29) is 5.68 Å². The Balaban J connectivity index is 2.64. The van der Waals surface area contributed by atoms with E-state index in [1.54, 1.807) is 4.57 Å². The molecule has 0 aliphatic heterocycles. The molecule has 3 nitrogen and oxygen atoms in total. The van der Waals surface area contributed by atoms with Crippen molar-refractivity contribution < 1.29 is 4.42 Å². The van der Waals surface area contributed by atoms with Crippen LogP contribution in [0.2, 0.25) is 0 Å². The van der Waals surface area contributed by atoms with E-state index in [1.165, 1.54) is 0 Å². The van der Waals surface area contributed by atoms with E-state index in [2.05, 4.69) is 0 Å². The average Bonchev–Trinajstić information content (AvgIpc) is 2.47. The van der Waals surface area contributed by atoms with Crippen molar-refractivity contribution in [2.45, 2.75) is 6.92 Å². The van der Waals surface area contributed by atoms with Crippen molar-refractivity contribution >= 4 is 0 Å². The van der Waals surface area contributed by atoms with Gasteiger partial charge < -0.3 is 4.42 Å². The molecule has 0 fully saturated rings. The van der Waals surface area contributed by atoms with Crippen LogP contribution in [-0.2, 0) is 7.05 Å². The molecule has 0 amide bonds. The van der Waals surface area contributed by atoms with Crippen molar-refractivity contribution in [3.05, 3.63) is 41.7 Å². The molecule has 0 saturated carbocycles. The van der Waals surface area contributed by atoms with Gasteiger partial charge in [-0.1, -0.05) is 30.3 Å². The summed E-state index contributed by atoms with van der Waals surface area (Å²) in [6.07, 6.45) is 0. The molecule has 0 bridgehead atoms. The second-order valence-corrected chi connectivity index (χ2v) is 3.25. The minimum absolute atomic E-state index is 0.182. The fraction of sp³-hybridized carbons (Fsp3) is 0.182. The van der Waals surface area contributed by atoms with Crippen LogP contribution in [-0.4, -0.2) is 4.57 Å². The average molecular weight is 188 g/mol. The van der Waals surface area contributed by atoms with E-state index in [4.69, 9.17) is 9.83 Å². The van der Waals surface area contributed by atoms with Gasteiger partial charge in [-0.15, -0.1) is 0 Å². The standard InChI is InChI=1S/C11H12N2O/c1-8-10(14-11(12)13(8)2)9-6-4-3-5-7-9/h3-7,12H,1-2H3. The summed E-state index contributed by atoms with van der Waals surface area (Å²) in [6.45, 7) is 1.95. The molecule has 72 valence electrons. The second kappa shape index (κ2) is 3.18. The van der Waals surface area contributed by atoms with Gasteiger partial charge in [-0.25, -0.2) is 0 Å². The fourth-order valence-corrected chi connectivity index (χ4v) is 1.40. The molecule has 2 rings (SSSR count). The summed E-state index contributed by atoms with van der Waals surface area (Å²) in [6, 6.07) is 9.84. The van der Waals surface area contributed by atoms with E-state index in [0.29, 0.717) is 0 Å². The van der Waals surface area contributed by atoms with Gasteiger partial charge in [0.2, 0.25) is 0 Å². The largest absolute Gasteiger partial charge is 0.423 e. The van der Waals surface area contributed by atoms with Crippen LogP contribution in [0.3, 0.4) is 0 Å². The smallest absolute Gasteiger partial charge is 0.294 e. The van der Waals surface area contributed by atoms with Gasteiger partial charge in [-0.05, 0) is 6.92 Å². The first-order valence-corrected chi connectivity index (χ1v) is 4.46. The fourth-order valence-electron chi connectivity index (χ4n) is 1.40. The van der Waals surface area contributed by atoms with Crippen LogP contribution in [0.25, 0.3) is 11.3 Å². The van der Waals surface area contributed by atoms with Crippen molar-refractivity contribution in [3.8, 4) is 11.3 Å². The van der Waals surface area contributed by atoms with Gasteiger partial charge in [-0.3, -0.25) is 9.98 Å². The van der Waals surface area contributed by atoms with Crippen LogP contribution in [0, 0.1) is 12.3 Å². The quantitative estimate of drug-likeness (QED) is 0.731. The molecule has 0 radical (unpaired) electrons. The predicted molar refractivity (Wildman–Crippen MR) is 53.7 cm³/mol. The first-order valence-electron chi connectivity index (χ1n) is 4.46. The highest BCUT2D eigenvalue weighted by Crippen LogP contribution is 2.20. The third-order valence-electron chi connectivity index (χ3n) is 2.37. The Labute approximate surface area is 82.1 Å². The normalized spacial score (nSPS) is 10.4. The van der Waals surface area contributed by atoms with Crippen molar-refractivity contribution in [1.82, 2.24) is 4.57 Å². The molecule has 1 heterocycles. The number of hydrogen-bond acceptors (Lipinski definition) is 2. The zero-order valence-corrected chi connectivity index (χ0v) is 8.24. The van der Waals surface area contributed by atoms with Gasteiger partial charge in [0.05, 0.1) is 5.69 Å². The Morgan fingerprint density at radius 3 is 2.36 bits per heavy atom. The third kappa shape index (κ3) is 1.27. The van der Waals surface area contributed by atoms with Gasteiger partial charge in [0.25, 0.3) is 5.68 Å². The maximum atomic E-state index is 7.53. The van der Waals surface area contributed by atoms with Crippen LogP contribution >= 0.6 is 0 Å². The van der Waals surface area contributed by atoms with Gasteiger partial charge in [0, 0.05) is 12.6 Å². The van der Waals surface area contributed by atoms with Crippen molar-refractivity contribution in [2.24, 2.45) is 7.05 Å². The summed E-state index contributed by atoms with van der Waals surface area (Å²) < 4.78 is 7.09. The molecule has 3 heteroatoms. The minimum Gasteiger partial charge on any atom is -0.423 e. The molecule has 0 aliphatic rings. The zero-order valence-electron chi connectivity index (χ0n) is 8.24. The Hall–Kier alpha value is -1.77. The zero-order chi connectivity index (χ0) is 10.1. The van der Waals surface area contributed by atoms with E-state index < -0.39 is 0 Å². The molecule has 1 aromatic heterocycles. The molecule has 1 aromatic carbocycles. The first-order chi connectivity index (χ1) is 6.70.